The van der Waals surface area contributed by atoms with E-state index in [4.69, 9.17) is 10.5 Å². The van der Waals surface area contributed by atoms with Crippen LogP contribution in [0.4, 0.5) is 13.2 Å². The van der Waals surface area contributed by atoms with Gasteiger partial charge in [-0.2, -0.15) is 13.2 Å². The zero-order valence-corrected chi connectivity index (χ0v) is 9.46. The minimum Gasteiger partial charge on any atom is -0.367 e. The molecule has 0 bridgehead atoms. The van der Waals surface area contributed by atoms with E-state index in [1.54, 1.807) is 0 Å². The van der Waals surface area contributed by atoms with Gasteiger partial charge in [0.2, 0.25) is 0 Å². The number of hydrogen-bond acceptors (Lipinski definition) is 2. The molecule has 5 heteroatoms. The molecule has 2 nitrogen and oxygen atoms in total. The van der Waals surface area contributed by atoms with E-state index in [0.29, 0.717) is 6.61 Å². The lowest BCUT2D eigenvalue weighted by Gasteiger charge is -2.07. The van der Waals surface area contributed by atoms with Crippen LogP contribution in [0.2, 0.25) is 0 Å². The van der Waals surface area contributed by atoms with Crippen molar-refractivity contribution < 1.29 is 17.9 Å². The number of ether oxygens (including phenoxy) is 1. The monoisotopic (exact) mass is 247 g/mol. The van der Waals surface area contributed by atoms with Crippen LogP contribution >= 0.6 is 0 Å². The van der Waals surface area contributed by atoms with E-state index in [1.165, 1.54) is 12.1 Å². The van der Waals surface area contributed by atoms with Crippen LogP contribution in [0.3, 0.4) is 0 Å². The van der Waals surface area contributed by atoms with Gasteiger partial charge in [-0.3, -0.25) is 0 Å². The highest BCUT2D eigenvalue weighted by molar-refractivity contribution is 5.24. The fourth-order valence-electron chi connectivity index (χ4n) is 1.48. The molecule has 0 spiro atoms. The van der Waals surface area contributed by atoms with Crippen molar-refractivity contribution in [3.63, 3.8) is 0 Å². The van der Waals surface area contributed by atoms with Crippen LogP contribution in [0.5, 0.6) is 0 Å². The molecular formula is C12H16F3NO. The molecule has 96 valence electrons. The summed E-state index contributed by atoms with van der Waals surface area (Å²) in [6.45, 7) is 0.803. The van der Waals surface area contributed by atoms with Crippen molar-refractivity contribution in [2.45, 2.75) is 25.4 Å². The largest absolute Gasteiger partial charge is 0.416 e. The van der Waals surface area contributed by atoms with Crippen LogP contribution in [0.1, 0.15) is 24.0 Å². The van der Waals surface area contributed by atoms with Crippen LogP contribution in [0, 0.1) is 0 Å². The third kappa shape index (κ3) is 5.19. The smallest absolute Gasteiger partial charge is 0.367 e. The molecule has 0 aliphatic heterocycles. The molecule has 0 heterocycles. The van der Waals surface area contributed by atoms with Gasteiger partial charge in [0.25, 0.3) is 0 Å². The molecule has 0 atom stereocenters. The molecular weight excluding hydrogens is 231 g/mol. The minimum absolute atomic E-state index is 0.209. The molecule has 2 N–H and O–H groups in total. The second-order valence-electron chi connectivity index (χ2n) is 3.73. The Hall–Kier alpha value is -1.07. The maximum atomic E-state index is 12.3. The highest BCUT2D eigenvalue weighted by atomic mass is 19.4. The van der Waals surface area contributed by atoms with Crippen molar-refractivity contribution in [3.05, 3.63) is 35.4 Å². The fourth-order valence-corrected chi connectivity index (χ4v) is 1.48. The maximum absolute atomic E-state index is 12.3. The van der Waals surface area contributed by atoms with Crippen molar-refractivity contribution in [3.8, 4) is 0 Å². The molecule has 17 heavy (non-hydrogen) atoms. The van der Waals surface area contributed by atoms with Crippen molar-refractivity contribution in [1.82, 2.24) is 0 Å². The van der Waals surface area contributed by atoms with E-state index in [9.17, 15) is 13.2 Å². The van der Waals surface area contributed by atoms with Gasteiger partial charge in [-0.15, -0.1) is 0 Å². The molecule has 0 saturated heterocycles. The summed E-state index contributed by atoms with van der Waals surface area (Å²) in [6, 6.07) is 5.27. The summed E-state index contributed by atoms with van der Waals surface area (Å²) < 4.78 is 41.8. The Kier molecular flexibility index (Phi) is 5.44. The molecule has 0 radical (unpaired) electrons. The van der Waals surface area contributed by atoms with Crippen molar-refractivity contribution in [1.29, 1.82) is 0 Å². The molecule has 1 rings (SSSR count). The highest BCUT2D eigenvalue weighted by Crippen LogP contribution is 2.29. The minimum atomic E-state index is -4.26. The van der Waals surface area contributed by atoms with E-state index in [-0.39, 0.29) is 6.73 Å². The van der Waals surface area contributed by atoms with Crippen molar-refractivity contribution in [2.24, 2.45) is 5.73 Å². The standard InChI is InChI=1S/C12H16F3NO/c13-12(14,15)11-6-4-10(5-7-11)3-1-2-8-17-9-16/h4-7H,1-3,8-9,16H2. The zero-order chi connectivity index (χ0) is 12.7. The van der Waals surface area contributed by atoms with Crippen LogP contribution in [0.25, 0.3) is 0 Å². The zero-order valence-electron chi connectivity index (χ0n) is 9.46. The summed E-state index contributed by atoms with van der Waals surface area (Å²) >= 11 is 0. The highest BCUT2D eigenvalue weighted by Gasteiger charge is 2.29. The van der Waals surface area contributed by atoms with Gasteiger partial charge in [0.15, 0.2) is 0 Å². The van der Waals surface area contributed by atoms with Gasteiger partial charge in [-0.05, 0) is 37.0 Å². The Morgan fingerprint density at radius 2 is 1.71 bits per heavy atom. The Labute approximate surface area is 98.6 Å². The molecule has 0 saturated carbocycles. The lowest BCUT2D eigenvalue weighted by molar-refractivity contribution is -0.137. The summed E-state index contributed by atoms with van der Waals surface area (Å²) in [6.07, 6.45) is -1.76. The average molecular weight is 247 g/mol. The van der Waals surface area contributed by atoms with Gasteiger partial charge < -0.3 is 10.5 Å². The SMILES string of the molecule is NCOCCCCc1ccc(C(F)(F)F)cc1. The van der Waals surface area contributed by atoms with Gasteiger partial charge >= 0.3 is 6.18 Å². The lowest BCUT2D eigenvalue weighted by atomic mass is 10.1. The predicted molar refractivity (Wildman–Crippen MR) is 59.4 cm³/mol. The van der Waals surface area contributed by atoms with Gasteiger partial charge in [0, 0.05) is 6.61 Å². The molecule has 1 aromatic rings. The quantitative estimate of drug-likeness (QED) is 0.619. The number of nitrogens with two attached hydrogens (primary N) is 1. The first-order valence-electron chi connectivity index (χ1n) is 5.48. The first kappa shape index (κ1) is 14.0. The lowest BCUT2D eigenvalue weighted by Crippen LogP contribution is -2.06. The summed E-state index contributed by atoms with van der Waals surface area (Å²) in [5.74, 6) is 0. The number of aryl methyl sites for hydroxylation is 1. The Morgan fingerprint density at radius 1 is 1.06 bits per heavy atom. The van der Waals surface area contributed by atoms with Crippen molar-refractivity contribution >= 4 is 0 Å². The molecule has 0 unspecified atom stereocenters. The molecule has 0 fully saturated rings. The predicted octanol–water partition coefficient (Wildman–Crippen LogP) is 2.96. The second kappa shape index (κ2) is 6.61. The Bertz CT molecular complexity index is 322. The van der Waals surface area contributed by atoms with E-state index in [2.05, 4.69) is 0 Å². The second-order valence-corrected chi connectivity index (χ2v) is 3.73. The third-order valence-corrected chi connectivity index (χ3v) is 2.40. The Morgan fingerprint density at radius 3 is 2.24 bits per heavy atom. The van der Waals surface area contributed by atoms with Crippen LogP contribution in [-0.2, 0) is 17.3 Å². The summed E-state index contributed by atoms with van der Waals surface area (Å²) in [5, 5.41) is 0. The van der Waals surface area contributed by atoms with Gasteiger partial charge in [0.1, 0.15) is 0 Å². The van der Waals surface area contributed by atoms with Gasteiger partial charge in [-0.1, -0.05) is 12.1 Å². The van der Waals surface area contributed by atoms with Crippen molar-refractivity contribution in [2.75, 3.05) is 13.3 Å². The van der Waals surface area contributed by atoms with Crippen LogP contribution < -0.4 is 5.73 Å². The molecule has 1 aromatic carbocycles. The number of benzene rings is 1. The van der Waals surface area contributed by atoms with Crippen LogP contribution in [0.15, 0.2) is 24.3 Å². The fraction of sp³-hybridized carbons (Fsp3) is 0.500. The average Bonchev–Trinajstić information content (AvgIpc) is 2.28. The summed E-state index contributed by atoms with van der Waals surface area (Å²) in [7, 11) is 0. The number of rotatable bonds is 6. The number of alkyl halides is 3. The van der Waals surface area contributed by atoms with E-state index >= 15 is 0 Å². The molecule has 0 aliphatic rings. The summed E-state index contributed by atoms with van der Waals surface area (Å²) in [4.78, 5) is 0. The van der Waals surface area contributed by atoms with Crippen LogP contribution in [-0.4, -0.2) is 13.3 Å². The first-order chi connectivity index (χ1) is 8.04. The van der Waals surface area contributed by atoms with E-state index in [0.717, 1.165) is 37.0 Å². The number of halogens is 3. The maximum Gasteiger partial charge on any atom is 0.416 e. The normalized spacial score (nSPS) is 11.8. The number of hydrogen-bond donors (Lipinski definition) is 1. The van der Waals surface area contributed by atoms with E-state index < -0.39 is 11.7 Å². The third-order valence-electron chi connectivity index (χ3n) is 2.40. The van der Waals surface area contributed by atoms with Gasteiger partial charge in [-0.25, -0.2) is 0 Å². The van der Waals surface area contributed by atoms with Gasteiger partial charge in [0.05, 0.1) is 12.3 Å². The molecule has 0 aliphatic carbocycles. The molecule has 0 aromatic heterocycles. The summed E-state index contributed by atoms with van der Waals surface area (Å²) in [5.41, 5.74) is 5.45. The first-order valence-corrected chi connectivity index (χ1v) is 5.48. The molecule has 0 amide bonds. The Balaban J connectivity index is 2.36. The number of unbranched alkanes of at least 4 members (excludes halogenated alkanes) is 1. The van der Waals surface area contributed by atoms with E-state index in [1.807, 2.05) is 0 Å². The topological polar surface area (TPSA) is 35.2 Å².